The molecule has 0 aliphatic heterocycles. The molecular formula is C12H13ClF2O. The number of alkyl halides is 3. The summed E-state index contributed by atoms with van der Waals surface area (Å²) in [5, 5.41) is -0.753. The molecular weight excluding hydrogens is 234 g/mol. The summed E-state index contributed by atoms with van der Waals surface area (Å²) in [7, 11) is 0. The fourth-order valence-corrected chi connectivity index (χ4v) is 1.67. The largest absolute Gasteiger partial charge is 0.298 e. The highest BCUT2D eigenvalue weighted by molar-refractivity contribution is 6.30. The van der Waals surface area contributed by atoms with E-state index in [0.29, 0.717) is 17.5 Å². The van der Waals surface area contributed by atoms with Crippen LogP contribution in [0.5, 0.6) is 0 Å². The predicted molar refractivity (Wildman–Crippen MR) is 60.1 cm³/mol. The molecule has 0 fully saturated rings. The molecule has 1 unspecified atom stereocenters. The Morgan fingerprint density at radius 1 is 1.44 bits per heavy atom. The molecule has 0 aliphatic rings. The number of carbonyl (C=O) groups excluding carboxylic acids is 1. The third-order valence-electron chi connectivity index (χ3n) is 2.43. The Kier molecular flexibility index (Phi) is 4.42. The highest BCUT2D eigenvalue weighted by atomic mass is 35.5. The minimum absolute atomic E-state index is 0.0127. The molecule has 0 heterocycles. The van der Waals surface area contributed by atoms with E-state index in [1.165, 1.54) is 19.1 Å². The zero-order valence-corrected chi connectivity index (χ0v) is 9.89. The van der Waals surface area contributed by atoms with E-state index in [2.05, 4.69) is 0 Å². The molecule has 88 valence electrons. The molecule has 0 spiro atoms. The van der Waals surface area contributed by atoms with Gasteiger partial charge in [-0.05, 0) is 24.5 Å². The van der Waals surface area contributed by atoms with Gasteiger partial charge < -0.3 is 0 Å². The van der Waals surface area contributed by atoms with E-state index in [9.17, 15) is 13.6 Å². The van der Waals surface area contributed by atoms with E-state index in [4.69, 9.17) is 11.6 Å². The van der Waals surface area contributed by atoms with Crippen LogP contribution in [0.3, 0.4) is 0 Å². The summed E-state index contributed by atoms with van der Waals surface area (Å²) < 4.78 is 25.2. The van der Waals surface area contributed by atoms with Crippen LogP contribution in [0.1, 0.15) is 42.3 Å². The fraction of sp³-hybridized carbons (Fsp3) is 0.417. The molecule has 4 heteroatoms. The summed E-state index contributed by atoms with van der Waals surface area (Å²) in [4.78, 5) is 11.1. The molecule has 0 amide bonds. The Morgan fingerprint density at radius 2 is 2.06 bits per heavy atom. The fourth-order valence-electron chi connectivity index (χ4n) is 1.54. The van der Waals surface area contributed by atoms with Gasteiger partial charge in [-0.2, -0.15) is 0 Å². The average Bonchev–Trinajstić information content (AvgIpc) is 2.26. The molecule has 1 aromatic rings. The van der Waals surface area contributed by atoms with Crippen LogP contribution in [0.15, 0.2) is 18.2 Å². The van der Waals surface area contributed by atoms with Crippen LogP contribution >= 0.6 is 11.6 Å². The molecule has 0 saturated heterocycles. The predicted octanol–water partition coefficient (Wildman–Crippen LogP) is 4.06. The number of aryl methyl sites for hydroxylation is 1. The third-order valence-corrected chi connectivity index (χ3v) is 2.99. The van der Waals surface area contributed by atoms with E-state index in [0.717, 1.165) is 0 Å². The van der Waals surface area contributed by atoms with Crippen molar-refractivity contribution in [1.82, 2.24) is 0 Å². The molecule has 0 aromatic heterocycles. The van der Waals surface area contributed by atoms with Crippen LogP contribution in [0.4, 0.5) is 8.78 Å². The topological polar surface area (TPSA) is 17.1 Å². The summed E-state index contributed by atoms with van der Waals surface area (Å²) in [6.45, 7) is 3.17. The normalized spacial score (nSPS) is 12.9. The Hall–Kier alpha value is -0.960. The molecule has 0 N–H and O–H groups in total. The van der Waals surface area contributed by atoms with Gasteiger partial charge in [0.1, 0.15) is 5.38 Å². The lowest BCUT2D eigenvalue weighted by Gasteiger charge is -2.11. The van der Waals surface area contributed by atoms with E-state index in [-0.39, 0.29) is 11.3 Å². The van der Waals surface area contributed by atoms with Gasteiger partial charge in [0, 0.05) is 5.56 Å². The Bertz CT molecular complexity index is 391. The van der Waals surface area contributed by atoms with Gasteiger partial charge in [-0.1, -0.05) is 25.1 Å². The summed E-state index contributed by atoms with van der Waals surface area (Å²) in [5.74, 6) is -0.187. The first-order valence-corrected chi connectivity index (χ1v) is 5.46. The standard InChI is InChI=1S/C12H13ClF2O/c1-3-8-6-9(11(13)7(2)16)4-5-10(8)12(14)15/h4-6,11-12H,3H2,1-2H3. The smallest absolute Gasteiger partial charge is 0.264 e. The SMILES string of the molecule is CCc1cc(C(Cl)C(C)=O)ccc1C(F)F. The second-order valence-electron chi connectivity index (χ2n) is 3.59. The molecule has 0 saturated carbocycles. The Labute approximate surface area is 98.4 Å². The first-order valence-electron chi connectivity index (χ1n) is 5.02. The second-order valence-corrected chi connectivity index (χ2v) is 4.02. The maximum Gasteiger partial charge on any atom is 0.264 e. The molecule has 16 heavy (non-hydrogen) atoms. The number of halogens is 3. The number of hydrogen-bond acceptors (Lipinski definition) is 1. The number of ketones is 1. The van der Waals surface area contributed by atoms with Crippen LogP contribution in [0.25, 0.3) is 0 Å². The molecule has 0 aliphatic carbocycles. The molecule has 1 nitrogen and oxygen atoms in total. The van der Waals surface area contributed by atoms with Gasteiger partial charge in [0.25, 0.3) is 6.43 Å². The number of Topliss-reactive ketones (excluding diaryl/α,β-unsaturated/α-hetero) is 1. The summed E-state index contributed by atoms with van der Waals surface area (Å²) >= 11 is 5.86. The lowest BCUT2D eigenvalue weighted by Crippen LogP contribution is -2.03. The Morgan fingerprint density at radius 3 is 2.50 bits per heavy atom. The first kappa shape index (κ1) is 13.1. The molecule has 1 atom stereocenters. The average molecular weight is 247 g/mol. The van der Waals surface area contributed by atoms with Crippen LogP contribution < -0.4 is 0 Å². The zero-order valence-electron chi connectivity index (χ0n) is 9.14. The number of hydrogen-bond donors (Lipinski definition) is 0. The van der Waals surface area contributed by atoms with Gasteiger partial charge in [-0.15, -0.1) is 11.6 Å². The van der Waals surface area contributed by atoms with E-state index < -0.39 is 11.8 Å². The van der Waals surface area contributed by atoms with Gasteiger partial charge >= 0.3 is 0 Å². The number of carbonyl (C=O) groups is 1. The van der Waals surface area contributed by atoms with Crippen LogP contribution in [0, 0.1) is 0 Å². The summed E-state index contributed by atoms with van der Waals surface area (Å²) in [5.41, 5.74) is 1.13. The second kappa shape index (κ2) is 5.39. The van der Waals surface area contributed by atoms with Crippen molar-refractivity contribution in [3.8, 4) is 0 Å². The molecule has 1 aromatic carbocycles. The maximum atomic E-state index is 12.6. The minimum atomic E-state index is -2.49. The van der Waals surface area contributed by atoms with Gasteiger partial charge in [-0.25, -0.2) is 8.78 Å². The van der Waals surface area contributed by atoms with Crippen molar-refractivity contribution in [3.63, 3.8) is 0 Å². The van der Waals surface area contributed by atoms with Crippen molar-refractivity contribution in [2.75, 3.05) is 0 Å². The van der Waals surface area contributed by atoms with Crippen molar-refractivity contribution in [2.45, 2.75) is 32.1 Å². The lowest BCUT2D eigenvalue weighted by atomic mass is 9.99. The van der Waals surface area contributed by atoms with Crippen LogP contribution in [0.2, 0.25) is 0 Å². The molecule has 0 radical (unpaired) electrons. The number of benzene rings is 1. The maximum absolute atomic E-state index is 12.6. The van der Waals surface area contributed by atoms with Gasteiger partial charge in [0.15, 0.2) is 5.78 Å². The monoisotopic (exact) mass is 246 g/mol. The van der Waals surface area contributed by atoms with E-state index in [1.807, 2.05) is 0 Å². The number of rotatable bonds is 4. The summed E-state index contributed by atoms with van der Waals surface area (Å²) in [6, 6.07) is 4.41. The first-order chi connectivity index (χ1) is 7.47. The zero-order chi connectivity index (χ0) is 12.3. The van der Waals surface area contributed by atoms with Gasteiger partial charge in [0.2, 0.25) is 0 Å². The van der Waals surface area contributed by atoms with Crippen LogP contribution in [-0.4, -0.2) is 5.78 Å². The van der Waals surface area contributed by atoms with E-state index >= 15 is 0 Å². The van der Waals surface area contributed by atoms with Crippen molar-refractivity contribution in [3.05, 3.63) is 34.9 Å². The van der Waals surface area contributed by atoms with E-state index in [1.54, 1.807) is 13.0 Å². The van der Waals surface area contributed by atoms with Crippen molar-refractivity contribution in [2.24, 2.45) is 0 Å². The van der Waals surface area contributed by atoms with Gasteiger partial charge in [-0.3, -0.25) is 4.79 Å². The van der Waals surface area contributed by atoms with Gasteiger partial charge in [0.05, 0.1) is 0 Å². The molecule has 1 rings (SSSR count). The highest BCUT2D eigenvalue weighted by Crippen LogP contribution is 2.28. The summed E-state index contributed by atoms with van der Waals surface area (Å²) in [6.07, 6.45) is -2.00. The van der Waals surface area contributed by atoms with Crippen molar-refractivity contribution in [1.29, 1.82) is 0 Å². The lowest BCUT2D eigenvalue weighted by molar-refractivity contribution is -0.116. The highest BCUT2D eigenvalue weighted by Gasteiger charge is 2.17. The third kappa shape index (κ3) is 2.79. The van der Waals surface area contributed by atoms with Crippen LogP contribution in [-0.2, 0) is 11.2 Å². The Balaban J connectivity index is 3.13. The quantitative estimate of drug-likeness (QED) is 0.733. The van der Waals surface area contributed by atoms with Crippen molar-refractivity contribution >= 4 is 17.4 Å². The minimum Gasteiger partial charge on any atom is -0.298 e. The molecule has 0 bridgehead atoms. The van der Waals surface area contributed by atoms with Crippen molar-refractivity contribution < 1.29 is 13.6 Å².